The molecule has 1 fully saturated rings. The molecule has 1 aromatic carbocycles. The summed E-state index contributed by atoms with van der Waals surface area (Å²) in [5.74, 6) is 1.49. The van der Waals surface area contributed by atoms with Gasteiger partial charge in [0.2, 0.25) is 5.91 Å². The minimum absolute atomic E-state index is 0.0212. The van der Waals surface area contributed by atoms with Crippen LogP contribution in [0.4, 0.5) is 5.82 Å². The molecule has 2 heterocycles. The van der Waals surface area contributed by atoms with Gasteiger partial charge < -0.3 is 15.5 Å². The number of anilines is 1. The molecule has 3 atom stereocenters. The maximum Gasteiger partial charge on any atom is 0.239 e. The summed E-state index contributed by atoms with van der Waals surface area (Å²) in [5.41, 5.74) is 10.3. The number of aromatic nitrogens is 2. The van der Waals surface area contributed by atoms with Crippen LogP contribution in [-0.2, 0) is 17.6 Å². The minimum Gasteiger partial charge on any atom is -0.350 e. The van der Waals surface area contributed by atoms with Crippen LogP contribution in [0, 0.1) is 11.3 Å². The van der Waals surface area contributed by atoms with Gasteiger partial charge in [-0.2, -0.15) is 5.26 Å². The van der Waals surface area contributed by atoms with Gasteiger partial charge in [-0.15, -0.1) is 0 Å². The Kier molecular flexibility index (Phi) is 5.69. The van der Waals surface area contributed by atoms with Crippen LogP contribution in [0.3, 0.4) is 0 Å². The van der Waals surface area contributed by atoms with Crippen molar-refractivity contribution in [2.75, 3.05) is 24.5 Å². The molecule has 30 heavy (non-hydrogen) atoms. The Morgan fingerprint density at radius 2 is 2.03 bits per heavy atom. The first-order valence-electron chi connectivity index (χ1n) is 10.6. The van der Waals surface area contributed by atoms with E-state index in [0.29, 0.717) is 31.0 Å². The third kappa shape index (κ3) is 3.88. The van der Waals surface area contributed by atoms with Crippen molar-refractivity contribution in [1.29, 1.82) is 5.26 Å². The smallest absolute Gasteiger partial charge is 0.239 e. The summed E-state index contributed by atoms with van der Waals surface area (Å²) in [5, 5.41) is 8.92. The number of aryl methyl sites for hydroxylation is 1. The summed E-state index contributed by atoms with van der Waals surface area (Å²) in [6.45, 7) is 6.39. The molecular formula is C23H28N6O. The Bertz CT molecular complexity index is 967. The molecule has 1 unspecified atom stereocenters. The van der Waals surface area contributed by atoms with Gasteiger partial charge in [0.1, 0.15) is 12.1 Å². The quantitative estimate of drug-likeness (QED) is 0.837. The molecule has 0 bridgehead atoms. The lowest BCUT2D eigenvalue weighted by atomic mass is 10.0. The fourth-order valence-electron chi connectivity index (χ4n) is 4.62. The molecular weight excluding hydrogens is 376 g/mol. The predicted molar refractivity (Wildman–Crippen MR) is 115 cm³/mol. The van der Waals surface area contributed by atoms with Crippen LogP contribution in [-0.4, -0.2) is 52.5 Å². The molecule has 0 spiro atoms. The van der Waals surface area contributed by atoms with E-state index in [1.165, 1.54) is 11.3 Å². The fraction of sp³-hybridized carbons (Fsp3) is 0.478. The Labute approximate surface area is 177 Å². The first-order chi connectivity index (χ1) is 14.5. The molecule has 0 radical (unpaired) electrons. The second kappa shape index (κ2) is 8.41. The highest BCUT2D eigenvalue weighted by molar-refractivity contribution is 5.82. The number of piperazine rings is 1. The summed E-state index contributed by atoms with van der Waals surface area (Å²) >= 11 is 0. The second-order valence-corrected chi connectivity index (χ2v) is 8.44. The van der Waals surface area contributed by atoms with Crippen molar-refractivity contribution in [3.63, 3.8) is 0 Å². The molecule has 7 heteroatoms. The Balaban J connectivity index is 1.41. The lowest BCUT2D eigenvalue weighted by Crippen LogP contribution is -2.57. The van der Waals surface area contributed by atoms with E-state index >= 15 is 0 Å². The lowest BCUT2D eigenvalue weighted by Gasteiger charge is -2.42. The highest BCUT2D eigenvalue weighted by Crippen LogP contribution is 2.38. The Hall–Kier alpha value is -2.98. The zero-order chi connectivity index (χ0) is 21.3. The standard InChI is InChI=1S/C23H28N6O/c1-15-3-8-20-21(15)22(27-14-26-20)29-10-9-28(13-16(29)2)23(30)19(25)11-17-4-6-18(12-24)7-5-17/h4-7,14-16,19H,3,8-11,13,25H2,1-2H3/t15?,16-,19+/m0/s1. The molecule has 156 valence electrons. The SMILES string of the molecule is CC1CCc2ncnc(N3CCN(C(=O)[C@H](N)Cc4ccc(C#N)cc4)C[C@@H]3C)c21. The molecule has 2 N–H and O–H groups in total. The monoisotopic (exact) mass is 404 g/mol. The van der Waals surface area contributed by atoms with Crippen LogP contribution < -0.4 is 10.6 Å². The van der Waals surface area contributed by atoms with E-state index < -0.39 is 6.04 Å². The van der Waals surface area contributed by atoms with Crippen molar-refractivity contribution in [1.82, 2.24) is 14.9 Å². The van der Waals surface area contributed by atoms with Gasteiger partial charge in [0.25, 0.3) is 0 Å². The highest BCUT2D eigenvalue weighted by Gasteiger charge is 2.33. The summed E-state index contributed by atoms with van der Waals surface area (Å²) in [6.07, 6.45) is 4.28. The van der Waals surface area contributed by atoms with Crippen molar-refractivity contribution in [2.45, 2.75) is 51.1 Å². The molecule has 1 aliphatic carbocycles. The van der Waals surface area contributed by atoms with Crippen LogP contribution >= 0.6 is 0 Å². The number of nitrogens with two attached hydrogens (primary N) is 1. The number of nitriles is 1. The van der Waals surface area contributed by atoms with E-state index in [2.05, 4.69) is 34.8 Å². The number of amides is 1. The van der Waals surface area contributed by atoms with Crippen LogP contribution in [0.2, 0.25) is 0 Å². The van der Waals surface area contributed by atoms with Gasteiger partial charge in [0.05, 0.1) is 17.7 Å². The van der Waals surface area contributed by atoms with Gasteiger partial charge in [0.15, 0.2) is 0 Å². The summed E-state index contributed by atoms with van der Waals surface area (Å²) in [7, 11) is 0. The van der Waals surface area contributed by atoms with Crippen molar-refractivity contribution < 1.29 is 4.79 Å². The molecule has 1 aromatic heterocycles. The largest absolute Gasteiger partial charge is 0.350 e. The number of rotatable bonds is 4. The van der Waals surface area contributed by atoms with Gasteiger partial charge >= 0.3 is 0 Å². The molecule has 1 aliphatic heterocycles. The first kappa shape index (κ1) is 20.3. The molecule has 1 saturated heterocycles. The molecule has 7 nitrogen and oxygen atoms in total. The predicted octanol–water partition coefficient (Wildman–Crippen LogP) is 2.01. The van der Waals surface area contributed by atoms with Gasteiger partial charge in [0, 0.05) is 36.9 Å². The van der Waals surface area contributed by atoms with Crippen molar-refractivity contribution in [2.24, 2.45) is 5.73 Å². The van der Waals surface area contributed by atoms with Gasteiger partial charge in [-0.25, -0.2) is 9.97 Å². The van der Waals surface area contributed by atoms with Crippen LogP contribution in [0.15, 0.2) is 30.6 Å². The van der Waals surface area contributed by atoms with Crippen molar-refractivity contribution in [3.05, 3.63) is 53.0 Å². The van der Waals surface area contributed by atoms with Crippen LogP contribution in [0.1, 0.15) is 48.6 Å². The molecule has 2 aliphatic rings. The third-order valence-electron chi connectivity index (χ3n) is 6.32. The van der Waals surface area contributed by atoms with E-state index in [-0.39, 0.29) is 11.9 Å². The number of benzene rings is 1. The van der Waals surface area contributed by atoms with E-state index in [0.717, 1.165) is 30.8 Å². The van der Waals surface area contributed by atoms with E-state index in [4.69, 9.17) is 11.0 Å². The summed E-state index contributed by atoms with van der Waals surface area (Å²) in [6, 6.07) is 8.93. The van der Waals surface area contributed by atoms with E-state index in [9.17, 15) is 4.79 Å². The number of hydrogen-bond donors (Lipinski definition) is 1. The number of nitrogens with zero attached hydrogens (tertiary/aromatic N) is 5. The second-order valence-electron chi connectivity index (χ2n) is 8.44. The fourth-order valence-corrected chi connectivity index (χ4v) is 4.62. The average Bonchev–Trinajstić information content (AvgIpc) is 3.15. The van der Waals surface area contributed by atoms with E-state index in [1.807, 2.05) is 17.0 Å². The van der Waals surface area contributed by atoms with Crippen molar-refractivity contribution >= 4 is 11.7 Å². The molecule has 4 rings (SSSR count). The highest BCUT2D eigenvalue weighted by atomic mass is 16.2. The lowest BCUT2D eigenvalue weighted by molar-refractivity contribution is -0.133. The topological polar surface area (TPSA) is 99.1 Å². The van der Waals surface area contributed by atoms with Crippen LogP contribution in [0.5, 0.6) is 0 Å². The number of fused-ring (bicyclic) bond motifs is 1. The number of hydrogen-bond acceptors (Lipinski definition) is 6. The summed E-state index contributed by atoms with van der Waals surface area (Å²) < 4.78 is 0. The number of carbonyl (C=O) groups is 1. The molecule has 2 aromatic rings. The Morgan fingerprint density at radius 1 is 1.27 bits per heavy atom. The van der Waals surface area contributed by atoms with Gasteiger partial charge in [-0.3, -0.25) is 4.79 Å². The maximum atomic E-state index is 13.0. The zero-order valence-corrected chi connectivity index (χ0v) is 17.6. The van der Waals surface area contributed by atoms with E-state index in [1.54, 1.807) is 18.5 Å². The summed E-state index contributed by atoms with van der Waals surface area (Å²) in [4.78, 5) is 26.2. The third-order valence-corrected chi connectivity index (χ3v) is 6.32. The molecule has 1 amide bonds. The molecule has 0 saturated carbocycles. The van der Waals surface area contributed by atoms with Crippen LogP contribution in [0.25, 0.3) is 0 Å². The van der Waals surface area contributed by atoms with Gasteiger partial charge in [-0.1, -0.05) is 19.1 Å². The maximum absolute atomic E-state index is 13.0. The van der Waals surface area contributed by atoms with Gasteiger partial charge in [-0.05, 0) is 49.8 Å². The number of carbonyl (C=O) groups excluding carboxylic acids is 1. The first-order valence-corrected chi connectivity index (χ1v) is 10.6. The Morgan fingerprint density at radius 3 is 2.73 bits per heavy atom. The minimum atomic E-state index is -0.583. The zero-order valence-electron chi connectivity index (χ0n) is 17.6. The van der Waals surface area contributed by atoms with Crippen molar-refractivity contribution in [3.8, 4) is 6.07 Å². The average molecular weight is 405 g/mol. The normalized spacial score (nSPS) is 21.8.